The summed E-state index contributed by atoms with van der Waals surface area (Å²) in [5.74, 6) is -1.89. The number of carboxylic acid groups (broad SMARTS) is 1. The molecule has 1 saturated carbocycles. The second kappa shape index (κ2) is 10.4. The van der Waals surface area contributed by atoms with Crippen molar-refractivity contribution in [1.82, 2.24) is 9.88 Å². The Labute approximate surface area is 167 Å². The van der Waals surface area contributed by atoms with Crippen molar-refractivity contribution in [1.29, 1.82) is 0 Å². The zero-order valence-electron chi connectivity index (χ0n) is 17.4. The van der Waals surface area contributed by atoms with Crippen LogP contribution in [0.25, 0.3) is 0 Å². The molecule has 1 fully saturated rings. The molecule has 2 N–H and O–H groups in total. The lowest BCUT2D eigenvalue weighted by Gasteiger charge is -2.29. The molecule has 1 aliphatic rings. The number of aromatic nitrogens is 1. The fraction of sp³-hybridized carbons (Fsp3) is 0.682. The molecule has 1 amide bonds. The number of aliphatic carboxylic acids is 1. The van der Waals surface area contributed by atoms with Crippen molar-refractivity contribution in [2.24, 2.45) is 5.92 Å². The van der Waals surface area contributed by atoms with E-state index in [1.807, 2.05) is 6.92 Å². The summed E-state index contributed by atoms with van der Waals surface area (Å²) >= 11 is 0. The fourth-order valence-electron chi connectivity index (χ4n) is 4.16. The van der Waals surface area contributed by atoms with Crippen LogP contribution in [0.15, 0.2) is 10.9 Å². The summed E-state index contributed by atoms with van der Waals surface area (Å²) in [4.78, 5) is 37.6. The first-order chi connectivity index (χ1) is 13.4. The van der Waals surface area contributed by atoms with Gasteiger partial charge in [0.2, 0.25) is 0 Å². The molecule has 6 nitrogen and oxygen atoms in total. The van der Waals surface area contributed by atoms with Crippen molar-refractivity contribution in [3.05, 3.63) is 33.2 Å². The molecule has 2 rings (SSSR count). The smallest absolute Gasteiger partial charge is 0.308 e. The minimum Gasteiger partial charge on any atom is -0.481 e. The maximum atomic E-state index is 13.1. The number of amides is 1. The number of carbonyl (C=O) groups excluding carboxylic acids is 1. The Morgan fingerprint density at radius 2 is 1.89 bits per heavy atom. The molecule has 28 heavy (non-hydrogen) atoms. The lowest BCUT2D eigenvalue weighted by molar-refractivity contribution is -0.143. The molecule has 1 aliphatic carbocycles. The van der Waals surface area contributed by atoms with Crippen LogP contribution in [-0.2, 0) is 24.2 Å². The van der Waals surface area contributed by atoms with Gasteiger partial charge in [0.25, 0.3) is 11.5 Å². The van der Waals surface area contributed by atoms with E-state index in [9.17, 15) is 19.5 Å². The summed E-state index contributed by atoms with van der Waals surface area (Å²) in [6.07, 6.45) is 7.32. The topological polar surface area (TPSA) is 88.4 Å². The number of nitrogens with zero attached hydrogens (tertiary/aromatic N) is 1. The molecule has 156 valence electrons. The maximum Gasteiger partial charge on any atom is 0.308 e. The molecule has 0 bridgehead atoms. The number of unbranched alkanes of at least 4 members (excludes halogenated alkanes) is 1. The van der Waals surface area contributed by atoms with Crippen LogP contribution in [0.4, 0.5) is 0 Å². The Balaban J connectivity index is 2.39. The number of hydrogen-bond acceptors (Lipinski definition) is 3. The Bertz CT molecular complexity index is 754. The third-order valence-electron chi connectivity index (χ3n) is 5.74. The number of rotatable bonds is 9. The Kier molecular flexibility index (Phi) is 8.27. The van der Waals surface area contributed by atoms with Crippen molar-refractivity contribution in [2.75, 3.05) is 0 Å². The summed E-state index contributed by atoms with van der Waals surface area (Å²) in [6, 6.07) is 1.31. The van der Waals surface area contributed by atoms with Crippen LogP contribution < -0.4 is 10.9 Å². The number of hydrogen-bond donors (Lipinski definition) is 2. The third-order valence-corrected chi connectivity index (χ3v) is 5.74. The molecule has 1 aromatic heterocycles. The minimum absolute atomic E-state index is 0.141. The molecule has 0 aliphatic heterocycles. The van der Waals surface area contributed by atoms with Gasteiger partial charge in [-0.25, -0.2) is 0 Å². The Morgan fingerprint density at radius 3 is 2.50 bits per heavy atom. The molecule has 2 atom stereocenters. The van der Waals surface area contributed by atoms with Crippen molar-refractivity contribution in [2.45, 2.75) is 91.1 Å². The standard InChI is InChI=1S/C22H34N2O4/c1-4-7-13-24-19(10-5-2)15(6-3)14-17(21(24)26)20(25)23-18-12-9-8-11-16(18)22(27)28/h14,16,18H,4-13H2,1-3H3,(H,23,25)(H,27,28)/t16?,18-/m0/s1. The van der Waals surface area contributed by atoms with Gasteiger partial charge in [-0.2, -0.15) is 0 Å². The molecule has 0 aromatic carbocycles. The molecule has 6 heteroatoms. The normalized spacial score (nSPS) is 19.4. The van der Waals surface area contributed by atoms with E-state index < -0.39 is 23.8 Å². The first kappa shape index (κ1) is 22.2. The number of aryl methyl sites for hydroxylation is 1. The van der Waals surface area contributed by atoms with E-state index in [2.05, 4.69) is 19.2 Å². The number of nitrogens with one attached hydrogen (secondary N) is 1. The highest BCUT2D eigenvalue weighted by molar-refractivity contribution is 5.94. The lowest BCUT2D eigenvalue weighted by Crippen LogP contribution is -2.46. The van der Waals surface area contributed by atoms with Gasteiger partial charge in [0.15, 0.2) is 0 Å². The van der Waals surface area contributed by atoms with E-state index in [-0.39, 0.29) is 11.1 Å². The van der Waals surface area contributed by atoms with E-state index in [0.29, 0.717) is 19.4 Å². The van der Waals surface area contributed by atoms with Gasteiger partial charge in [0.1, 0.15) is 5.56 Å². The van der Waals surface area contributed by atoms with Gasteiger partial charge < -0.3 is 15.0 Å². The summed E-state index contributed by atoms with van der Waals surface area (Å²) < 4.78 is 1.77. The summed E-state index contributed by atoms with van der Waals surface area (Å²) in [6.45, 7) is 6.81. The van der Waals surface area contributed by atoms with Gasteiger partial charge in [-0.15, -0.1) is 0 Å². The van der Waals surface area contributed by atoms with Crippen molar-refractivity contribution in [3.63, 3.8) is 0 Å². The molecular formula is C22H34N2O4. The van der Waals surface area contributed by atoms with Gasteiger partial charge in [0, 0.05) is 18.3 Å². The van der Waals surface area contributed by atoms with Crippen molar-refractivity contribution in [3.8, 4) is 0 Å². The highest BCUT2D eigenvalue weighted by Crippen LogP contribution is 2.25. The molecule has 0 radical (unpaired) electrons. The quantitative estimate of drug-likeness (QED) is 0.675. The average molecular weight is 391 g/mol. The molecule has 1 heterocycles. The van der Waals surface area contributed by atoms with Crippen molar-refractivity contribution < 1.29 is 14.7 Å². The highest BCUT2D eigenvalue weighted by atomic mass is 16.4. The van der Waals surface area contributed by atoms with Crippen LogP contribution in [-0.4, -0.2) is 27.6 Å². The number of carbonyl (C=O) groups is 2. The van der Waals surface area contributed by atoms with Crippen LogP contribution in [0.2, 0.25) is 0 Å². The predicted molar refractivity (Wildman–Crippen MR) is 110 cm³/mol. The Morgan fingerprint density at radius 1 is 1.18 bits per heavy atom. The average Bonchev–Trinajstić information content (AvgIpc) is 2.68. The molecule has 1 aromatic rings. The second-order valence-electron chi connectivity index (χ2n) is 7.75. The minimum atomic E-state index is -0.877. The zero-order chi connectivity index (χ0) is 20.7. The van der Waals surface area contributed by atoms with Gasteiger partial charge in [-0.3, -0.25) is 14.4 Å². The van der Waals surface area contributed by atoms with Crippen LogP contribution >= 0.6 is 0 Å². The number of pyridine rings is 1. The van der Waals surface area contributed by atoms with Gasteiger partial charge in [-0.1, -0.05) is 46.5 Å². The maximum absolute atomic E-state index is 13.1. The summed E-state index contributed by atoms with van der Waals surface area (Å²) in [5.41, 5.74) is 1.94. The van der Waals surface area contributed by atoms with E-state index >= 15 is 0 Å². The van der Waals surface area contributed by atoms with Gasteiger partial charge in [-0.05, 0) is 43.7 Å². The first-order valence-electron chi connectivity index (χ1n) is 10.7. The third kappa shape index (κ3) is 5.03. The van der Waals surface area contributed by atoms with Crippen LogP contribution in [0.1, 0.15) is 87.3 Å². The highest BCUT2D eigenvalue weighted by Gasteiger charge is 2.32. The first-order valence-corrected chi connectivity index (χ1v) is 10.7. The summed E-state index contributed by atoms with van der Waals surface area (Å²) in [5, 5.41) is 12.3. The zero-order valence-corrected chi connectivity index (χ0v) is 17.4. The predicted octanol–water partition coefficient (Wildman–Crippen LogP) is 3.54. The second-order valence-corrected chi connectivity index (χ2v) is 7.75. The summed E-state index contributed by atoms with van der Waals surface area (Å²) in [7, 11) is 0. The van der Waals surface area contributed by atoms with E-state index in [0.717, 1.165) is 56.2 Å². The van der Waals surface area contributed by atoms with E-state index in [1.165, 1.54) is 0 Å². The van der Waals surface area contributed by atoms with Crippen LogP contribution in [0, 0.1) is 5.92 Å². The number of carboxylic acids is 1. The molecule has 0 saturated heterocycles. The van der Waals surface area contributed by atoms with E-state index in [4.69, 9.17) is 0 Å². The van der Waals surface area contributed by atoms with Gasteiger partial charge in [0.05, 0.1) is 5.92 Å². The van der Waals surface area contributed by atoms with Crippen LogP contribution in [0.5, 0.6) is 0 Å². The monoisotopic (exact) mass is 390 g/mol. The van der Waals surface area contributed by atoms with Gasteiger partial charge >= 0.3 is 5.97 Å². The molecular weight excluding hydrogens is 356 g/mol. The SMILES string of the molecule is CCCCn1c(CCC)c(CC)cc(C(=O)N[C@H]2CCCCC2C(=O)O)c1=O. The Hall–Kier alpha value is -2.11. The molecule has 1 unspecified atom stereocenters. The largest absolute Gasteiger partial charge is 0.481 e. The lowest BCUT2D eigenvalue weighted by atomic mass is 9.84. The fourth-order valence-corrected chi connectivity index (χ4v) is 4.16. The molecule has 0 spiro atoms. The van der Waals surface area contributed by atoms with Crippen molar-refractivity contribution >= 4 is 11.9 Å². The van der Waals surface area contributed by atoms with E-state index in [1.54, 1.807) is 10.6 Å². The van der Waals surface area contributed by atoms with Crippen LogP contribution in [0.3, 0.4) is 0 Å².